The standard InChI is InChI=1S/C24H15F2N3O3S3/c25-15-7-3-13(4-8-15)12-34-24-28-27-23(35-24)29-19(17-2-1-11-33-17)18(21(31)22(29)32)20(30)14-5-9-16(26)10-6-14/h1-11,19,30H,12H2/b20-18-. The van der Waals surface area contributed by atoms with Crippen LogP contribution in [0.3, 0.4) is 0 Å². The number of benzene rings is 2. The Balaban J connectivity index is 1.49. The summed E-state index contributed by atoms with van der Waals surface area (Å²) < 4.78 is 27.1. The zero-order valence-electron chi connectivity index (χ0n) is 17.7. The molecule has 1 amide bonds. The molecule has 11 heteroatoms. The summed E-state index contributed by atoms with van der Waals surface area (Å²) in [4.78, 5) is 28.1. The van der Waals surface area contributed by atoms with Crippen LogP contribution in [0.2, 0.25) is 0 Å². The molecular formula is C24H15F2N3O3S3. The minimum atomic E-state index is -0.900. The van der Waals surface area contributed by atoms with Gasteiger partial charge in [-0.1, -0.05) is 41.3 Å². The van der Waals surface area contributed by atoms with Gasteiger partial charge in [0.05, 0.1) is 5.57 Å². The number of amides is 1. The molecule has 2 aromatic carbocycles. The van der Waals surface area contributed by atoms with Crippen LogP contribution in [0.5, 0.6) is 0 Å². The number of aromatic nitrogens is 2. The Hall–Kier alpha value is -3.41. The fourth-order valence-electron chi connectivity index (χ4n) is 3.59. The number of rotatable bonds is 6. The Bertz CT molecular complexity index is 1420. The van der Waals surface area contributed by atoms with Gasteiger partial charge in [0.25, 0.3) is 5.78 Å². The van der Waals surface area contributed by atoms with Crippen LogP contribution in [0, 0.1) is 11.6 Å². The highest BCUT2D eigenvalue weighted by atomic mass is 32.2. The van der Waals surface area contributed by atoms with E-state index in [9.17, 15) is 23.5 Å². The maximum atomic E-state index is 13.4. The van der Waals surface area contributed by atoms with E-state index in [4.69, 9.17) is 0 Å². The first-order valence-corrected chi connectivity index (χ1v) is 12.9. The number of aliphatic hydroxyl groups excluding tert-OH is 1. The SMILES string of the molecule is O=C1C(=O)N(c2nnc(SCc3ccc(F)cc3)s2)C(c2cccs2)/C1=C(/O)c1ccc(F)cc1. The van der Waals surface area contributed by atoms with Crippen molar-refractivity contribution in [2.75, 3.05) is 4.90 Å². The summed E-state index contributed by atoms with van der Waals surface area (Å²) in [6.45, 7) is 0. The Kier molecular flexibility index (Phi) is 6.46. The summed E-state index contributed by atoms with van der Waals surface area (Å²) >= 11 is 3.84. The normalized spacial score (nSPS) is 17.3. The summed E-state index contributed by atoms with van der Waals surface area (Å²) in [5, 5.41) is 21.3. The zero-order valence-corrected chi connectivity index (χ0v) is 20.2. The van der Waals surface area contributed by atoms with Crippen LogP contribution in [-0.4, -0.2) is 27.0 Å². The molecule has 0 aliphatic carbocycles. The highest BCUT2D eigenvalue weighted by Gasteiger charge is 2.48. The van der Waals surface area contributed by atoms with E-state index in [0.717, 1.165) is 16.9 Å². The van der Waals surface area contributed by atoms with Gasteiger partial charge in [-0.3, -0.25) is 14.5 Å². The maximum Gasteiger partial charge on any atom is 0.301 e. The van der Waals surface area contributed by atoms with Crippen molar-refractivity contribution in [1.82, 2.24) is 10.2 Å². The van der Waals surface area contributed by atoms with Gasteiger partial charge < -0.3 is 5.11 Å². The summed E-state index contributed by atoms with van der Waals surface area (Å²) in [6.07, 6.45) is 0. The van der Waals surface area contributed by atoms with Gasteiger partial charge >= 0.3 is 5.91 Å². The van der Waals surface area contributed by atoms with Crippen molar-refractivity contribution < 1.29 is 23.5 Å². The molecule has 0 bridgehead atoms. The van der Waals surface area contributed by atoms with Crippen molar-refractivity contribution in [1.29, 1.82) is 0 Å². The molecule has 1 aliphatic rings. The largest absolute Gasteiger partial charge is 0.507 e. The Morgan fingerprint density at radius 2 is 1.69 bits per heavy atom. The molecule has 5 rings (SSSR count). The van der Waals surface area contributed by atoms with Crippen molar-refractivity contribution in [2.45, 2.75) is 16.1 Å². The Morgan fingerprint density at radius 1 is 1.00 bits per heavy atom. The maximum absolute atomic E-state index is 13.4. The highest BCUT2D eigenvalue weighted by molar-refractivity contribution is 8.00. The van der Waals surface area contributed by atoms with Crippen LogP contribution < -0.4 is 4.90 Å². The third kappa shape index (κ3) is 4.62. The van der Waals surface area contributed by atoms with Crippen LogP contribution >= 0.6 is 34.4 Å². The summed E-state index contributed by atoms with van der Waals surface area (Å²) in [6, 6.07) is 13.8. The fraction of sp³-hybridized carbons (Fsp3) is 0.0833. The molecule has 35 heavy (non-hydrogen) atoms. The van der Waals surface area contributed by atoms with Gasteiger partial charge in [-0.15, -0.1) is 21.5 Å². The first kappa shape index (κ1) is 23.3. The summed E-state index contributed by atoms with van der Waals surface area (Å²) in [5.41, 5.74) is 1.02. The second-order valence-electron chi connectivity index (χ2n) is 7.46. The number of Topliss-reactive ketones (excluding diaryl/α,β-unsaturated/α-hetero) is 1. The van der Waals surface area contributed by atoms with Crippen molar-refractivity contribution >= 4 is 57.0 Å². The molecule has 1 atom stereocenters. The second kappa shape index (κ2) is 9.68. The van der Waals surface area contributed by atoms with E-state index in [1.807, 2.05) is 0 Å². The molecule has 0 spiro atoms. The lowest BCUT2D eigenvalue weighted by molar-refractivity contribution is -0.132. The van der Waals surface area contributed by atoms with Crippen molar-refractivity contribution in [2.24, 2.45) is 0 Å². The smallest absolute Gasteiger partial charge is 0.301 e. The second-order valence-corrected chi connectivity index (χ2v) is 10.6. The molecule has 4 aromatic rings. The zero-order chi connectivity index (χ0) is 24.5. The third-order valence-electron chi connectivity index (χ3n) is 5.25. The Morgan fingerprint density at radius 3 is 2.34 bits per heavy atom. The van der Waals surface area contributed by atoms with Crippen LogP contribution in [0.15, 0.2) is 76.0 Å². The van der Waals surface area contributed by atoms with Crippen LogP contribution in [0.1, 0.15) is 22.0 Å². The minimum Gasteiger partial charge on any atom is -0.507 e. The van der Waals surface area contributed by atoms with E-state index >= 15 is 0 Å². The molecule has 6 nitrogen and oxygen atoms in total. The number of hydrogen-bond donors (Lipinski definition) is 1. The van der Waals surface area contributed by atoms with Crippen LogP contribution in [0.25, 0.3) is 5.76 Å². The number of aliphatic hydroxyl groups is 1. The predicted octanol–water partition coefficient (Wildman–Crippen LogP) is 5.80. The lowest BCUT2D eigenvalue weighted by Crippen LogP contribution is -2.29. The minimum absolute atomic E-state index is 0.0974. The number of halogens is 2. The third-order valence-corrected chi connectivity index (χ3v) is 8.30. The van der Waals surface area contributed by atoms with Crippen LogP contribution in [-0.2, 0) is 15.3 Å². The predicted molar refractivity (Wildman–Crippen MR) is 131 cm³/mol. The van der Waals surface area contributed by atoms with E-state index < -0.39 is 23.5 Å². The topological polar surface area (TPSA) is 83.4 Å². The van der Waals surface area contributed by atoms with Gasteiger partial charge in [0.15, 0.2) is 4.34 Å². The van der Waals surface area contributed by atoms with Gasteiger partial charge in [0.1, 0.15) is 23.4 Å². The molecule has 1 aliphatic heterocycles. The lowest BCUT2D eigenvalue weighted by Gasteiger charge is -2.20. The quantitative estimate of drug-likeness (QED) is 0.112. The molecular weight excluding hydrogens is 512 g/mol. The molecule has 2 aromatic heterocycles. The molecule has 176 valence electrons. The number of carbonyl (C=O) groups is 2. The molecule has 1 unspecified atom stereocenters. The monoisotopic (exact) mass is 527 g/mol. The van der Waals surface area contributed by atoms with Gasteiger partial charge in [0.2, 0.25) is 5.13 Å². The number of anilines is 1. The van der Waals surface area contributed by atoms with Crippen molar-refractivity contribution in [3.8, 4) is 0 Å². The van der Waals surface area contributed by atoms with Gasteiger partial charge in [-0.05, 0) is 53.4 Å². The molecule has 1 saturated heterocycles. The molecule has 3 heterocycles. The molecule has 1 N–H and O–H groups in total. The van der Waals surface area contributed by atoms with Gasteiger partial charge in [-0.2, -0.15) is 0 Å². The average Bonchev–Trinajstić information content (AvgIpc) is 3.60. The first-order valence-electron chi connectivity index (χ1n) is 10.2. The van der Waals surface area contributed by atoms with E-state index in [1.54, 1.807) is 29.6 Å². The van der Waals surface area contributed by atoms with Gasteiger partial charge in [0, 0.05) is 16.2 Å². The summed E-state index contributed by atoms with van der Waals surface area (Å²) in [7, 11) is 0. The number of nitrogens with zero attached hydrogens (tertiary/aromatic N) is 3. The van der Waals surface area contributed by atoms with Crippen LogP contribution in [0.4, 0.5) is 13.9 Å². The first-order chi connectivity index (χ1) is 16.9. The average molecular weight is 528 g/mol. The van der Waals surface area contributed by atoms with E-state index in [2.05, 4.69) is 10.2 Å². The van der Waals surface area contributed by atoms with Crippen molar-refractivity contribution in [3.05, 3.63) is 99.3 Å². The molecule has 1 fully saturated rings. The fourth-order valence-corrected chi connectivity index (χ4v) is 6.24. The Labute approximate surface area is 210 Å². The number of hydrogen-bond acceptors (Lipinski definition) is 8. The van der Waals surface area contributed by atoms with Gasteiger partial charge in [-0.25, -0.2) is 8.78 Å². The van der Waals surface area contributed by atoms with E-state index in [0.29, 0.717) is 15.0 Å². The number of thiophene rings is 1. The van der Waals surface area contributed by atoms with E-state index in [1.165, 1.54) is 64.4 Å². The number of carbonyl (C=O) groups excluding carboxylic acids is 2. The summed E-state index contributed by atoms with van der Waals surface area (Å²) in [5.74, 6) is -2.37. The highest BCUT2D eigenvalue weighted by Crippen LogP contribution is 2.45. The number of ketones is 1. The molecule has 0 radical (unpaired) electrons. The lowest BCUT2D eigenvalue weighted by atomic mass is 10.00. The van der Waals surface area contributed by atoms with Crippen molar-refractivity contribution in [3.63, 3.8) is 0 Å². The number of thioether (sulfide) groups is 1. The molecule has 0 saturated carbocycles. The van der Waals surface area contributed by atoms with E-state index in [-0.39, 0.29) is 27.8 Å².